The minimum absolute atomic E-state index is 0.0110. The van der Waals surface area contributed by atoms with Gasteiger partial charge in [-0.1, -0.05) is 0 Å². The highest BCUT2D eigenvalue weighted by Crippen LogP contribution is 2.49. The Kier molecular flexibility index (Phi) is 4.89. The van der Waals surface area contributed by atoms with Crippen molar-refractivity contribution in [2.45, 2.75) is 70.1 Å². The largest absolute Gasteiger partial charge is 0.461 e. The average Bonchev–Trinajstić information content (AvgIpc) is 3.01. The highest BCUT2D eigenvalue weighted by molar-refractivity contribution is 5.95. The summed E-state index contributed by atoms with van der Waals surface area (Å²) in [5.41, 5.74) is -2.62. The van der Waals surface area contributed by atoms with Crippen LogP contribution < -0.4 is 0 Å². The number of carbonyl (C=O) groups is 3. The molecular weight excluding hydrogens is 372 g/mol. The Bertz CT molecular complexity index is 793. The van der Waals surface area contributed by atoms with Gasteiger partial charge in [-0.05, 0) is 26.3 Å². The normalized spacial score (nSPS) is 37.3. The summed E-state index contributed by atoms with van der Waals surface area (Å²) in [5, 5.41) is 21.9. The molecule has 0 saturated carbocycles. The van der Waals surface area contributed by atoms with Gasteiger partial charge in [0, 0.05) is 32.3 Å². The molecule has 0 radical (unpaired) electrons. The van der Waals surface area contributed by atoms with Crippen molar-refractivity contribution in [3.63, 3.8) is 0 Å². The summed E-state index contributed by atoms with van der Waals surface area (Å²) in [7, 11) is 0. The fourth-order valence-corrected chi connectivity index (χ4v) is 3.83. The highest BCUT2D eigenvalue weighted by atomic mass is 16.7. The Morgan fingerprint density at radius 1 is 1.21 bits per heavy atom. The number of carbonyl (C=O) groups excluding carboxylic acids is 3. The standard InChI is InChI=1S/C19H24O9/c1-10(20)25-9-12-15-13(27-16(12)22)7-17(3)5-6-19(24,28-17)18(4,23)8-14(15)26-11(2)21/h7,14,23-24H,5-6,8-9H2,1-4H3/t14-,17+,18+,19+/m0/s1. The van der Waals surface area contributed by atoms with Crippen LogP contribution >= 0.6 is 0 Å². The summed E-state index contributed by atoms with van der Waals surface area (Å²) in [6, 6.07) is 0. The lowest BCUT2D eigenvalue weighted by molar-refractivity contribution is -0.298. The second-order valence-corrected chi connectivity index (χ2v) is 7.85. The van der Waals surface area contributed by atoms with E-state index < -0.39 is 41.0 Å². The zero-order chi connectivity index (χ0) is 20.9. The van der Waals surface area contributed by atoms with E-state index in [1.165, 1.54) is 26.8 Å². The summed E-state index contributed by atoms with van der Waals surface area (Å²) < 4.78 is 21.5. The Labute approximate surface area is 161 Å². The predicted molar refractivity (Wildman–Crippen MR) is 92.3 cm³/mol. The van der Waals surface area contributed by atoms with Crippen molar-refractivity contribution in [2.24, 2.45) is 0 Å². The zero-order valence-electron chi connectivity index (χ0n) is 16.2. The van der Waals surface area contributed by atoms with E-state index in [4.69, 9.17) is 18.9 Å². The number of hydrogen-bond donors (Lipinski definition) is 2. The van der Waals surface area contributed by atoms with Crippen molar-refractivity contribution >= 4 is 17.9 Å². The summed E-state index contributed by atoms with van der Waals surface area (Å²) in [5.74, 6) is -3.76. The second kappa shape index (κ2) is 6.68. The SMILES string of the molecule is CC(=O)OCC1=C2C(=C[C@@]3(C)CC[C@@](O)(O3)[C@](C)(O)C[C@@H]2OC(C)=O)OC1=O. The van der Waals surface area contributed by atoms with Crippen LogP contribution in [-0.4, -0.2) is 57.8 Å². The van der Waals surface area contributed by atoms with Crippen molar-refractivity contribution in [1.82, 2.24) is 0 Å². The number of rotatable bonds is 3. The molecule has 3 heterocycles. The molecule has 1 saturated heterocycles. The van der Waals surface area contributed by atoms with Crippen molar-refractivity contribution in [2.75, 3.05) is 6.61 Å². The smallest absolute Gasteiger partial charge is 0.343 e. The van der Waals surface area contributed by atoms with Gasteiger partial charge >= 0.3 is 17.9 Å². The monoisotopic (exact) mass is 396 g/mol. The van der Waals surface area contributed by atoms with Crippen LogP contribution in [0.1, 0.15) is 47.0 Å². The Hall–Kier alpha value is -2.23. The molecule has 3 aliphatic rings. The van der Waals surface area contributed by atoms with Gasteiger partial charge in [-0.2, -0.15) is 0 Å². The van der Waals surface area contributed by atoms with Gasteiger partial charge in [0.25, 0.3) is 0 Å². The van der Waals surface area contributed by atoms with Crippen LogP contribution in [0.3, 0.4) is 0 Å². The molecule has 28 heavy (non-hydrogen) atoms. The van der Waals surface area contributed by atoms with Crippen LogP contribution in [-0.2, 0) is 33.3 Å². The zero-order valence-corrected chi connectivity index (χ0v) is 16.2. The van der Waals surface area contributed by atoms with Gasteiger partial charge < -0.3 is 29.2 Å². The predicted octanol–water partition coefficient (Wildman–Crippen LogP) is 0.631. The first-order valence-electron chi connectivity index (χ1n) is 9.00. The Morgan fingerprint density at radius 3 is 2.50 bits per heavy atom. The maximum absolute atomic E-state index is 12.4. The molecule has 0 aromatic heterocycles. The lowest BCUT2D eigenvalue weighted by Crippen LogP contribution is -2.54. The molecule has 3 rings (SSSR count). The molecule has 4 atom stereocenters. The molecule has 1 fully saturated rings. The fourth-order valence-electron chi connectivity index (χ4n) is 3.83. The number of ether oxygens (including phenoxy) is 4. The van der Waals surface area contributed by atoms with E-state index in [1.807, 2.05) is 0 Å². The van der Waals surface area contributed by atoms with E-state index in [9.17, 15) is 24.6 Å². The van der Waals surface area contributed by atoms with Gasteiger partial charge in [0.05, 0.1) is 11.2 Å². The summed E-state index contributed by atoms with van der Waals surface area (Å²) >= 11 is 0. The topological polar surface area (TPSA) is 129 Å². The Morgan fingerprint density at radius 2 is 1.89 bits per heavy atom. The number of esters is 3. The molecular formula is C19H24O9. The van der Waals surface area contributed by atoms with Gasteiger partial charge in [0.15, 0.2) is 5.79 Å². The molecule has 0 spiro atoms. The quantitative estimate of drug-likeness (QED) is 0.521. The van der Waals surface area contributed by atoms with Crippen molar-refractivity contribution < 1.29 is 43.5 Å². The number of aliphatic hydroxyl groups is 2. The van der Waals surface area contributed by atoms with Crippen LogP contribution in [0.5, 0.6) is 0 Å². The van der Waals surface area contributed by atoms with E-state index in [0.29, 0.717) is 6.42 Å². The van der Waals surface area contributed by atoms with Crippen LogP contribution in [0.15, 0.2) is 23.0 Å². The summed E-state index contributed by atoms with van der Waals surface area (Å²) in [6.07, 6.45) is 0.653. The van der Waals surface area contributed by atoms with E-state index in [0.717, 1.165) is 0 Å². The lowest BCUT2D eigenvalue weighted by atomic mass is 9.82. The molecule has 154 valence electrons. The van der Waals surface area contributed by atoms with E-state index in [2.05, 4.69) is 0 Å². The maximum atomic E-state index is 12.4. The third-order valence-corrected chi connectivity index (χ3v) is 5.31. The van der Waals surface area contributed by atoms with Gasteiger partial charge in [0.2, 0.25) is 0 Å². The van der Waals surface area contributed by atoms with Crippen molar-refractivity contribution in [3.8, 4) is 0 Å². The minimum atomic E-state index is -1.88. The third kappa shape index (κ3) is 3.57. The van der Waals surface area contributed by atoms with Gasteiger partial charge in [-0.15, -0.1) is 0 Å². The van der Waals surface area contributed by atoms with Crippen LogP contribution in [0.2, 0.25) is 0 Å². The average molecular weight is 396 g/mol. The molecule has 0 unspecified atom stereocenters. The summed E-state index contributed by atoms with van der Waals surface area (Å²) in [4.78, 5) is 35.3. The van der Waals surface area contributed by atoms with E-state index >= 15 is 0 Å². The Balaban J connectivity index is 2.16. The molecule has 3 aliphatic heterocycles. The van der Waals surface area contributed by atoms with Gasteiger partial charge in [-0.25, -0.2) is 4.79 Å². The van der Waals surface area contributed by atoms with Crippen LogP contribution in [0.25, 0.3) is 0 Å². The molecule has 0 aromatic rings. The van der Waals surface area contributed by atoms with Crippen molar-refractivity contribution in [1.29, 1.82) is 0 Å². The molecule has 2 bridgehead atoms. The van der Waals surface area contributed by atoms with E-state index in [-0.39, 0.29) is 36.4 Å². The molecule has 9 nitrogen and oxygen atoms in total. The number of hydrogen-bond acceptors (Lipinski definition) is 9. The van der Waals surface area contributed by atoms with E-state index in [1.54, 1.807) is 6.92 Å². The molecule has 2 N–H and O–H groups in total. The van der Waals surface area contributed by atoms with Gasteiger partial charge in [-0.3, -0.25) is 9.59 Å². The fraction of sp³-hybridized carbons (Fsp3) is 0.632. The van der Waals surface area contributed by atoms with Gasteiger partial charge in [0.1, 0.15) is 24.1 Å². The minimum Gasteiger partial charge on any atom is -0.461 e. The first kappa shape index (κ1) is 20.5. The molecule has 0 aliphatic carbocycles. The molecule has 0 aromatic carbocycles. The van der Waals surface area contributed by atoms with Crippen LogP contribution in [0.4, 0.5) is 0 Å². The lowest BCUT2D eigenvalue weighted by Gasteiger charge is -2.40. The molecule has 9 heteroatoms. The summed E-state index contributed by atoms with van der Waals surface area (Å²) in [6.45, 7) is 5.08. The highest BCUT2D eigenvalue weighted by Gasteiger charge is 2.58. The molecule has 0 amide bonds. The second-order valence-electron chi connectivity index (χ2n) is 7.85. The first-order valence-corrected chi connectivity index (χ1v) is 9.00. The number of fused-ring (bicyclic) bond motifs is 3. The first-order chi connectivity index (χ1) is 12.9. The third-order valence-electron chi connectivity index (χ3n) is 5.31. The van der Waals surface area contributed by atoms with Crippen LogP contribution in [0, 0.1) is 0 Å². The van der Waals surface area contributed by atoms with Crippen molar-refractivity contribution in [3.05, 3.63) is 23.0 Å². The maximum Gasteiger partial charge on any atom is 0.343 e.